The highest BCUT2D eigenvalue weighted by atomic mass is 15.1. The van der Waals surface area contributed by atoms with Crippen LogP contribution in [0.2, 0.25) is 0 Å². The highest BCUT2D eigenvalue weighted by molar-refractivity contribution is 6.19. The molecule has 0 aliphatic carbocycles. The molecule has 0 saturated carbocycles. The van der Waals surface area contributed by atoms with E-state index in [4.69, 9.17) is 29.9 Å². The Morgan fingerprint density at radius 3 is 0.859 bits per heavy atom. The van der Waals surface area contributed by atoms with Crippen molar-refractivity contribution < 1.29 is 0 Å². The van der Waals surface area contributed by atoms with Gasteiger partial charge in [0.15, 0.2) is 11.6 Å². The normalized spacial score (nSPS) is 13.3. The van der Waals surface area contributed by atoms with Gasteiger partial charge >= 0.3 is 0 Å². The summed E-state index contributed by atoms with van der Waals surface area (Å²) < 4.78 is 4.63. The molecular formula is C56H60N8. The SMILES string of the molecule is Cc1cc(C(C)(C)C)cc2c3cc(C(C)(C)C)cc(C)c3n(-c3cnc4c5nccnc5c5nc(-n6c7c(C)cc(C(C)(C)C)cc7c7cc(C(C)(C)C)cc(C)c76)cnc5c4n3)c12. The van der Waals surface area contributed by atoms with Crippen LogP contribution in [0, 0.1) is 27.7 Å². The molecule has 5 aromatic carbocycles. The molecule has 0 saturated heterocycles. The van der Waals surface area contributed by atoms with Crippen LogP contribution in [0.25, 0.3) is 88.3 Å². The summed E-state index contributed by atoms with van der Waals surface area (Å²) in [5.41, 5.74) is 18.3. The molecule has 0 fully saturated rings. The van der Waals surface area contributed by atoms with Crippen molar-refractivity contribution in [2.75, 3.05) is 0 Å². The second-order valence-electron chi connectivity index (χ2n) is 22.5. The second-order valence-corrected chi connectivity index (χ2v) is 22.5. The topological polar surface area (TPSA) is 87.2 Å². The van der Waals surface area contributed by atoms with Gasteiger partial charge in [-0.3, -0.25) is 19.1 Å². The van der Waals surface area contributed by atoms with Crippen molar-refractivity contribution in [1.29, 1.82) is 0 Å². The highest BCUT2D eigenvalue weighted by Crippen LogP contribution is 2.43. The van der Waals surface area contributed by atoms with Crippen molar-refractivity contribution in [3.63, 3.8) is 0 Å². The van der Waals surface area contributed by atoms with Crippen molar-refractivity contribution in [2.45, 2.75) is 132 Å². The number of aryl methyl sites for hydroxylation is 4. The molecule has 324 valence electrons. The first-order valence-electron chi connectivity index (χ1n) is 22.7. The van der Waals surface area contributed by atoms with E-state index in [1.165, 1.54) is 66.1 Å². The molecular weight excluding hydrogens is 785 g/mol. The first kappa shape index (κ1) is 41.7. The van der Waals surface area contributed by atoms with Crippen molar-refractivity contribution >= 4 is 76.7 Å². The lowest BCUT2D eigenvalue weighted by Gasteiger charge is -2.21. The third-order valence-corrected chi connectivity index (χ3v) is 13.5. The molecule has 8 nitrogen and oxygen atoms in total. The summed E-state index contributed by atoms with van der Waals surface area (Å²) in [5.74, 6) is 1.44. The van der Waals surface area contributed by atoms with Crippen LogP contribution < -0.4 is 0 Å². The maximum Gasteiger partial charge on any atom is 0.157 e. The first-order valence-corrected chi connectivity index (χ1v) is 22.7. The Kier molecular flexibility index (Phi) is 8.88. The minimum absolute atomic E-state index is 0.0211. The van der Waals surface area contributed by atoms with E-state index in [0.29, 0.717) is 33.1 Å². The van der Waals surface area contributed by atoms with Gasteiger partial charge in [0.05, 0.1) is 34.5 Å². The van der Waals surface area contributed by atoms with Crippen LogP contribution in [0.4, 0.5) is 0 Å². The number of fused-ring (bicyclic) bond motifs is 12. The fourth-order valence-electron chi connectivity index (χ4n) is 9.88. The highest BCUT2D eigenvalue weighted by Gasteiger charge is 2.28. The van der Waals surface area contributed by atoms with Gasteiger partial charge in [0.1, 0.15) is 33.1 Å². The van der Waals surface area contributed by atoms with Crippen LogP contribution in [0.15, 0.2) is 73.3 Å². The van der Waals surface area contributed by atoms with Crippen LogP contribution >= 0.6 is 0 Å². The van der Waals surface area contributed by atoms with E-state index < -0.39 is 0 Å². The number of hydrogen-bond donors (Lipinski definition) is 0. The molecule has 0 aliphatic rings. The van der Waals surface area contributed by atoms with Gasteiger partial charge < -0.3 is 0 Å². The summed E-state index contributed by atoms with van der Waals surface area (Å²) in [6.45, 7) is 36.3. The molecule has 0 bridgehead atoms. The van der Waals surface area contributed by atoms with Gasteiger partial charge in [-0.05, 0) is 118 Å². The van der Waals surface area contributed by atoms with E-state index in [1.807, 2.05) is 12.4 Å². The van der Waals surface area contributed by atoms with Crippen molar-refractivity contribution in [2.24, 2.45) is 0 Å². The molecule has 64 heavy (non-hydrogen) atoms. The first-order chi connectivity index (χ1) is 29.9. The Morgan fingerprint density at radius 1 is 0.328 bits per heavy atom. The average Bonchev–Trinajstić information content (AvgIpc) is 3.74. The fraction of sp³-hybridized carbons (Fsp3) is 0.357. The summed E-state index contributed by atoms with van der Waals surface area (Å²) in [7, 11) is 0. The Labute approximate surface area is 376 Å². The predicted molar refractivity (Wildman–Crippen MR) is 268 cm³/mol. The zero-order chi connectivity index (χ0) is 45.7. The van der Waals surface area contributed by atoms with Gasteiger partial charge in [0.2, 0.25) is 0 Å². The lowest BCUT2D eigenvalue weighted by Crippen LogP contribution is -2.11. The van der Waals surface area contributed by atoms with E-state index in [-0.39, 0.29) is 21.7 Å². The molecule has 0 spiro atoms. The fourth-order valence-corrected chi connectivity index (χ4v) is 9.88. The zero-order valence-electron chi connectivity index (χ0n) is 40.5. The maximum atomic E-state index is 5.53. The standard InChI is InChI=1S/C56H60N8/c1-29-19-33(53(5,6)7)23-37-38-24-34(54(8,9)10)20-30(2)50(38)63(49(29)37)41-27-59-45-43-44(58-18-17-57-43)47-46(48(45)62-41)60-28-42(61-47)64-51-31(3)21-35(55(11,12)13)25-39(51)40-26-36(56(14,15)16)22-32(4)52(40)64/h17-28H,1-16H3. The minimum atomic E-state index is -0.0211. The summed E-state index contributed by atoms with van der Waals surface area (Å²) in [6.07, 6.45) is 7.24. The van der Waals surface area contributed by atoms with E-state index in [1.54, 1.807) is 12.4 Å². The van der Waals surface area contributed by atoms with Gasteiger partial charge in [-0.2, -0.15) is 0 Å². The molecule has 5 aromatic heterocycles. The van der Waals surface area contributed by atoms with E-state index in [0.717, 1.165) is 33.7 Å². The quantitative estimate of drug-likeness (QED) is 0.161. The van der Waals surface area contributed by atoms with E-state index >= 15 is 0 Å². The van der Waals surface area contributed by atoms with Crippen LogP contribution in [-0.4, -0.2) is 39.0 Å². The summed E-state index contributed by atoms with van der Waals surface area (Å²) >= 11 is 0. The van der Waals surface area contributed by atoms with Gasteiger partial charge in [0.25, 0.3) is 0 Å². The molecule has 0 atom stereocenters. The lowest BCUT2D eigenvalue weighted by molar-refractivity contribution is 0.590. The van der Waals surface area contributed by atoms with Crippen LogP contribution in [0.1, 0.15) is 128 Å². The van der Waals surface area contributed by atoms with Crippen LogP contribution in [-0.2, 0) is 21.7 Å². The van der Waals surface area contributed by atoms with Crippen molar-refractivity contribution in [3.8, 4) is 11.6 Å². The Morgan fingerprint density at radius 2 is 0.578 bits per heavy atom. The summed E-state index contributed by atoms with van der Waals surface area (Å²) in [5, 5.41) is 4.87. The molecule has 8 heteroatoms. The third kappa shape index (κ3) is 6.30. The number of aromatic nitrogens is 8. The Hall–Kier alpha value is -6.28. The lowest BCUT2D eigenvalue weighted by atomic mass is 9.83. The Bertz CT molecular complexity index is 3280. The predicted octanol–water partition coefficient (Wildman–Crippen LogP) is 14.1. The van der Waals surface area contributed by atoms with Gasteiger partial charge in [0, 0.05) is 33.9 Å². The molecule has 10 rings (SSSR count). The molecule has 0 unspecified atom stereocenters. The number of nitrogens with zero attached hydrogens (tertiary/aromatic N) is 8. The molecule has 0 N–H and O–H groups in total. The number of hydrogen-bond acceptors (Lipinski definition) is 6. The van der Waals surface area contributed by atoms with Gasteiger partial charge in [-0.15, -0.1) is 0 Å². The maximum absolute atomic E-state index is 5.53. The monoisotopic (exact) mass is 844 g/mol. The van der Waals surface area contributed by atoms with Crippen LogP contribution in [0.3, 0.4) is 0 Å². The average molecular weight is 845 g/mol. The second kappa shape index (κ2) is 13.6. The zero-order valence-corrected chi connectivity index (χ0v) is 40.5. The number of rotatable bonds is 2. The van der Waals surface area contributed by atoms with Crippen molar-refractivity contribution in [3.05, 3.63) is 118 Å². The largest absolute Gasteiger partial charge is 0.292 e. The molecule has 10 aromatic rings. The van der Waals surface area contributed by atoms with E-state index in [2.05, 4.69) is 168 Å². The number of benzene rings is 5. The molecule has 5 heterocycles. The van der Waals surface area contributed by atoms with E-state index in [9.17, 15) is 0 Å². The smallest absolute Gasteiger partial charge is 0.157 e. The minimum Gasteiger partial charge on any atom is -0.292 e. The van der Waals surface area contributed by atoms with Crippen molar-refractivity contribution in [1.82, 2.24) is 39.0 Å². The molecule has 0 radical (unpaired) electrons. The molecule has 0 amide bonds. The van der Waals surface area contributed by atoms with Gasteiger partial charge in [-0.1, -0.05) is 107 Å². The third-order valence-electron chi connectivity index (χ3n) is 13.5. The summed E-state index contributed by atoms with van der Waals surface area (Å²) in [4.78, 5) is 31.3. The van der Waals surface area contributed by atoms with Crippen LogP contribution in [0.5, 0.6) is 0 Å². The molecule has 0 aliphatic heterocycles. The van der Waals surface area contributed by atoms with Gasteiger partial charge in [-0.25, -0.2) is 19.9 Å². The summed E-state index contributed by atoms with van der Waals surface area (Å²) in [6, 6.07) is 18.9. The Balaban J connectivity index is 1.29.